The molecule has 0 radical (unpaired) electrons. The molecular formula is C6H15N3. The molecule has 0 bridgehead atoms. The van der Waals surface area contributed by atoms with Gasteiger partial charge in [-0.3, -0.25) is 5.43 Å². The van der Waals surface area contributed by atoms with Gasteiger partial charge in [0.25, 0.3) is 0 Å². The van der Waals surface area contributed by atoms with E-state index in [9.17, 15) is 0 Å². The van der Waals surface area contributed by atoms with Crippen LogP contribution in [-0.4, -0.2) is 7.05 Å². The Hall–Kier alpha value is -0.860. The molecule has 0 aromatic carbocycles. The molecule has 0 saturated heterocycles. The van der Waals surface area contributed by atoms with Crippen molar-refractivity contribution in [2.75, 3.05) is 7.05 Å². The van der Waals surface area contributed by atoms with E-state index in [1.165, 1.54) is 0 Å². The highest BCUT2D eigenvalue weighted by Crippen LogP contribution is 1.75. The van der Waals surface area contributed by atoms with Gasteiger partial charge in [0.1, 0.15) is 0 Å². The van der Waals surface area contributed by atoms with Gasteiger partial charge in [-0.05, 0) is 6.92 Å². The van der Waals surface area contributed by atoms with E-state index in [-0.39, 0.29) is 0 Å². The summed E-state index contributed by atoms with van der Waals surface area (Å²) >= 11 is 0. The Bertz CT molecular complexity index is 86.3. The fraction of sp³-hybridized carbons (Fsp3) is 0.667. The van der Waals surface area contributed by atoms with Gasteiger partial charge < -0.3 is 0 Å². The molecule has 0 heterocycles. The molecule has 0 aliphatic rings. The molecule has 0 rings (SSSR count). The van der Waals surface area contributed by atoms with E-state index in [2.05, 4.69) is 22.3 Å². The summed E-state index contributed by atoms with van der Waals surface area (Å²) in [6, 6.07) is 0. The summed E-state index contributed by atoms with van der Waals surface area (Å²) < 4.78 is 0. The predicted molar refractivity (Wildman–Crippen MR) is 40.1 cm³/mol. The molecule has 0 aromatic heterocycles. The largest absolute Gasteiger partial charge is 0.265 e. The molecule has 3 nitrogen and oxygen atoms in total. The lowest BCUT2D eigenvalue weighted by molar-refractivity contribution is 0.805. The van der Waals surface area contributed by atoms with Crippen molar-refractivity contribution in [2.45, 2.75) is 20.8 Å². The third kappa shape index (κ3) is 19.1. The van der Waals surface area contributed by atoms with E-state index in [1.807, 2.05) is 20.8 Å². The standard InChI is InChI=1S/C4H9N3.C2H6/c1-4(2)6-7-5-3;1-2/h1H2,2-3H3,(H,5,6);1-2H3. The lowest BCUT2D eigenvalue weighted by atomic mass is 10.6. The van der Waals surface area contributed by atoms with E-state index >= 15 is 0 Å². The summed E-state index contributed by atoms with van der Waals surface area (Å²) in [7, 11) is 1.59. The number of hydrogen-bond donors (Lipinski definition) is 1. The van der Waals surface area contributed by atoms with Crippen LogP contribution in [0.4, 0.5) is 0 Å². The lowest BCUT2D eigenvalue weighted by Gasteiger charge is -1.89. The van der Waals surface area contributed by atoms with Gasteiger partial charge in [-0.1, -0.05) is 25.6 Å². The Morgan fingerprint density at radius 2 is 1.89 bits per heavy atom. The van der Waals surface area contributed by atoms with Gasteiger partial charge in [-0.2, -0.15) is 5.11 Å². The molecule has 54 valence electrons. The van der Waals surface area contributed by atoms with E-state index in [0.717, 1.165) is 5.70 Å². The van der Waals surface area contributed by atoms with Crippen molar-refractivity contribution < 1.29 is 0 Å². The average Bonchev–Trinajstić information content (AvgIpc) is 1.88. The second kappa shape index (κ2) is 10.2. The van der Waals surface area contributed by atoms with Crippen LogP contribution < -0.4 is 5.43 Å². The van der Waals surface area contributed by atoms with E-state index < -0.39 is 0 Å². The van der Waals surface area contributed by atoms with Crippen LogP contribution >= 0.6 is 0 Å². The normalized spacial score (nSPS) is 8.00. The molecule has 0 aliphatic heterocycles. The second-order valence-electron chi connectivity index (χ2n) is 1.19. The number of nitrogens with one attached hydrogen (secondary N) is 1. The number of allylic oxidation sites excluding steroid dienone is 1. The smallest absolute Gasteiger partial charge is 0.0509 e. The Morgan fingerprint density at radius 1 is 1.44 bits per heavy atom. The lowest BCUT2D eigenvalue weighted by Crippen LogP contribution is -1.96. The Kier molecular flexibility index (Phi) is 12.5. The van der Waals surface area contributed by atoms with Crippen molar-refractivity contribution in [3.05, 3.63) is 12.3 Å². The van der Waals surface area contributed by atoms with Gasteiger partial charge in [-0.25, -0.2) is 0 Å². The van der Waals surface area contributed by atoms with Gasteiger partial charge >= 0.3 is 0 Å². The van der Waals surface area contributed by atoms with Gasteiger partial charge in [0.15, 0.2) is 0 Å². The summed E-state index contributed by atoms with van der Waals surface area (Å²) in [5.41, 5.74) is 3.36. The first-order valence-electron chi connectivity index (χ1n) is 2.97. The zero-order valence-electron chi connectivity index (χ0n) is 6.60. The summed E-state index contributed by atoms with van der Waals surface area (Å²) in [4.78, 5) is 0. The highest BCUT2D eigenvalue weighted by molar-refractivity contribution is 4.80. The van der Waals surface area contributed by atoms with Crippen molar-refractivity contribution in [3.63, 3.8) is 0 Å². The highest BCUT2D eigenvalue weighted by Gasteiger charge is 1.70. The van der Waals surface area contributed by atoms with Crippen molar-refractivity contribution >= 4 is 0 Å². The fourth-order valence-electron chi connectivity index (χ4n) is 0.135. The van der Waals surface area contributed by atoms with Crippen LogP contribution in [0.5, 0.6) is 0 Å². The van der Waals surface area contributed by atoms with E-state index in [0.29, 0.717) is 0 Å². The minimum Gasteiger partial charge on any atom is -0.265 e. The molecule has 0 atom stereocenters. The molecule has 0 aliphatic carbocycles. The maximum atomic E-state index is 3.53. The fourth-order valence-corrected chi connectivity index (χ4v) is 0.135. The first kappa shape index (κ1) is 11.0. The van der Waals surface area contributed by atoms with Crippen LogP contribution in [-0.2, 0) is 0 Å². The van der Waals surface area contributed by atoms with Gasteiger partial charge in [0.05, 0.1) is 7.05 Å². The molecule has 1 N–H and O–H groups in total. The summed E-state index contributed by atoms with van der Waals surface area (Å²) in [6.45, 7) is 9.34. The zero-order valence-corrected chi connectivity index (χ0v) is 6.60. The monoisotopic (exact) mass is 129 g/mol. The van der Waals surface area contributed by atoms with Gasteiger partial charge in [0.2, 0.25) is 0 Å². The van der Waals surface area contributed by atoms with Crippen LogP contribution in [0.1, 0.15) is 20.8 Å². The van der Waals surface area contributed by atoms with Crippen molar-refractivity contribution in [3.8, 4) is 0 Å². The maximum Gasteiger partial charge on any atom is 0.0509 e. The molecule has 9 heavy (non-hydrogen) atoms. The van der Waals surface area contributed by atoms with Crippen LogP contribution in [0.2, 0.25) is 0 Å². The predicted octanol–water partition coefficient (Wildman–Crippen LogP) is 2.13. The molecule has 0 fully saturated rings. The van der Waals surface area contributed by atoms with Crippen molar-refractivity contribution in [2.24, 2.45) is 10.3 Å². The van der Waals surface area contributed by atoms with Crippen LogP contribution in [0.3, 0.4) is 0 Å². The molecule has 0 aromatic rings. The number of hydrogen-bond acceptors (Lipinski definition) is 2. The highest BCUT2D eigenvalue weighted by atomic mass is 15.4. The first-order valence-corrected chi connectivity index (χ1v) is 2.97. The quantitative estimate of drug-likeness (QED) is 0.450. The number of nitrogens with zero attached hydrogens (tertiary/aromatic N) is 2. The van der Waals surface area contributed by atoms with E-state index in [4.69, 9.17) is 0 Å². The SMILES string of the molecule is C=C(C)NN=NC.CC. The Balaban J connectivity index is 0. The maximum absolute atomic E-state index is 3.53. The molecular weight excluding hydrogens is 114 g/mol. The zero-order chi connectivity index (χ0) is 7.70. The van der Waals surface area contributed by atoms with Gasteiger partial charge in [0, 0.05) is 5.70 Å². The summed E-state index contributed by atoms with van der Waals surface area (Å²) in [6.07, 6.45) is 0. The second-order valence-corrected chi connectivity index (χ2v) is 1.19. The van der Waals surface area contributed by atoms with Crippen LogP contribution in [0, 0.1) is 0 Å². The average molecular weight is 129 g/mol. The van der Waals surface area contributed by atoms with Gasteiger partial charge in [-0.15, -0.1) is 0 Å². The van der Waals surface area contributed by atoms with Crippen molar-refractivity contribution in [1.82, 2.24) is 5.43 Å². The minimum atomic E-state index is 0.797. The van der Waals surface area contributed by atoms with E-state index in [1.54, 1.807) is 7.05 Å². The summed E-state index contributed by atoms with van der Waals surface area (Å²) in [5, 5.41) is 6.88. The third-order valence-electron chi connectivity index (χ3n) is 0.341. The topological polar surface area (TPSA) is 36.8 Å². The van der Waals surface area contributed by atoms with Crippen molar-refractivity contribution in [1.29, 1.82) is 0 Å². The Labute approximate surface area is 56.8 Å². The van der Waals surface area contributed by atoms with Crippen LogP contribution in [0.25, 0.3) is 0 Å². The molecule has 0 amide bonds. The minimum absolute atomic E-state index is 0.797. The first-order chi connectivity index (χ1) is 4.27. The Morgan fingerprint density at radius 3 is 2.00 bits per heavy atom. The number of rotatable bonds is 2. The van der Waals surface area contributed by atoms with Crippen LogP contribution in [0.15, 0.2) is 22.6 Å². The third-order valence-corrected chi connectivity index (χ3v) is 0.341. The molecule has 0 saturated carbocycles. The molecule has 0 spiro atoms. The molecule has 3 heteroatoms. The molecule has 0 unspecified atom stereocenters. The summed E-state index contributed by atoms with van der Waals surface area (Å²) in [5.74, 6) is 0.